The van der Waals surface area contributed by atoms with Crippen molar-refractivity contribution in [3.05, 3.63) is 47.4 Å². The molecule has 0 radical (unpaired) electrons. The lowest BCUT2D eigenvalue weighted by Crippen LogP contribution is -2.46. The highest BCUT2D eigenvalue weighted by molar-refractivity contribution is 5.71. The third-order valence-electron chi connectivity index (χ3n) is 4.69. The number of hydrogen-bond donors (Lipinski definition) is 2. The Morgan fingerprint density at radius 2 is 1.85 bits per heavy atom. The second-order valence-electron chi connectivity index (χ2n) is 6.74. The minimum atomic E-state index is -5.23. The Bertz CT molecular complexity index is 855. The first-order chi connectivity index (χ1) is 12.6. The molecule has 0 saturated carbocycles. The van der Waals surface area contributed by atoms with Gasteiger partial charge >= 0.3 is 6.18 Å². The smallest absolute Gasteiger partial charge is 0.425 e. The van der Waals surface area contributed by atoms with Crippen LogP contribution in [-0.4, -0.2) is 41.3 Å². The lowest BCUT2D eigenvalue weighted by Gasteiger charge is -2.29. The second kappa shape index (κ2) is 6.42. The number of nitrogens with zero attached hydrogens (tertiary/aromatic N) is 1. The number of alkyl halides is 4. The fourth-order valence-electron chi connectivity index (χ4n) is 2.88. The molecular weight excluding hydrogens is 373 g/mol. The molecule has 0 saturated heterocycles. The van der Waals surface area contributed by atoms with Gasteiger partial charge < -0.3 is 14.9 Å². The number of aromatic nitrogens is 1. The van der Waals surface area contributed by atoms with Crippen molar-refractivity contribution in [3.8, 4) is 17.0 Å². The van der Waals surface area contributed by atoms with Crippen LogP contribution in [0.3, 0.4) is 0 Å². The van der Waals surface area contributed by atoms with Crippen LogP contribution in [0.5, 0.6) is 5.75 Å². The van der Waals surface area contributed by atoms with Gasteiger partial charge in [-0.1, -0.05) is 0 Å². The first kappa shape index (κ1) is 19.5. The number of pyridine rings is 1. The number of aliphatic hydroxyl groups is 2. The summed E-state index contributed by atoms with van der Waals surface area (Å²) in [5.41, 5.74) is -5.57. The van der Waals surface area contributed by atoms with Crippen LogP contribution in [-0.2, 0) is 11.0 Å². The van der Waals surface area contributed by atoms with Crippen LogP contribution in [0.15, 0.2) is 30.3 Å². The lowest BCUT2D eigenvalue weighted by atomic mass is 9.83. The molecule has 2 aromatic rings. The molecule has 9 heteroatoms. The Labute approximate surface area is 151 Å². The molecule has 0 fully saturated rings. The standard InChI is InChI=1S/C18H16F5NO3/c1-16(7-19)9-27-15-12(16)6-13(17(26,8-25)18(21,22)23)24-14(15)10-2-4-11(20)5-3-10/h2-6,25-26H,7-9H2,1H3. The van der Waals surface area contributed by atoms with Crippen molar-refractivity contribution in [2.24, 2.45) is 0 Å². The van der Waals surface area contributed by atoms with Crippen molar-refractivity contribution < 1.29 is 36.9 Å². The summed E-state index contributed by atoms with van der Waals surface area (Å²) in [6.45, 7) is -1.27. The van der Waals surface area contributed by atoms with E-state index in [1.165, 1.54) is 19.1 Å². The molecule has 1 aliphatic heterocycles. The van der Waals surface area contributed by atoms with Gasteiger partial charge in [0.05, 0.1) is 17.7 Å². The van der Waals surface area contributed by atoms with Gasteiger partial charge in [0.1, 0.15) is 30.5 Å². The van der Waals surface area contributed by atoms with Gasteiger partial charge in [0.2, 0.25) is 5.60 Å². The molecule has 0 spiro atoms. The molecule has 27 heavy (non-hydrogen) atoms. The van der Waals surface area contributed by atoms with Crippen LogP contribution in [0, 0.1) is 5.82 Å². The van der Waals surface area contributed by atoms with E-state index in [1.807, 2.05) is 0 Å². The number of aliphatic hydroxyl groups excluding tert-OH is 1. The predicted molar refractivity (Wildman–Crippen MR) is 85.5 cm³/mol. The minimum Gasteiger partial charge on any atom is -0.490 e. The maximum atomic E-state index is 13.6. The molecule has 1 aromatic carbocycles. The Morgan fingerprint density at radius 1 is 1.22 bits per heavy atom. The molecular formula is C18H16F5NO3. The molecule has 4 nitrogen and oxygen atoms in total. The van der Waals surface area contributed by atoms with E-state index in [2.05, 4.69) is 4.98 Å². The van der Waals surface area contributed by atoms with Crippen molar-refractivity contribution in [1.29, 1.82) is 0 Å². The lowest BCUT2D eigenvalue weighted by molar-refractivity contribution is -0.279. The first-order valence-corrected chi connectivity index (χ1v) is 7.96. The van der Waals surface area contributed by atoms with Crippen LogP contribution in [0.4, 0.5) is 22.0 Å². The number of ether oxygens (including phenoxy) is 1. The fraction of sp³-hybridized carbons (Fsp3) is 0.389. The monoisotopic (exact) mass is 389 g/mol. The van der Waals surface area contributed by atoms with Crippen LogP contribution in [0.1, 0.15) is 18.2 Å². The first-order valence-electron chi connectivity index (χ1n) is 7.96. The number of benzene rings is 1. The maximum absolute atomic E-state index is 13.6. The molecule has 146 valence electrons. The molecule has 3 rings (SSSR count). The summed E-state index contributed by atoms with van der Waals surface area (Å²) < 4.78 is 72.5. The van der Waals surface area contributed by atoms with Gasteiger partial charge in [-0.2, -0.15) is 13.2 Å². The largest absolute Gasteiger partial charge is 0.490 e. The zero-order chi connectivity index (χ0) is 20.0. The van der Waals surface area contributed by atoms with E-state index in [9.17, 15) is 32.2 Å². The van der Waals surface area contributed by atoms with Crippen molar-refractivity contribution in [2.75, 3.05) is 19.9 Å². The highest BCUT2D eigenvalue weighted by Gasteiger charge is 2.57. The predicted octanol–water partition coefficient (Wildman–Crippen LogP) is 3.25. The zero-order valence-electron chi connectivity index (χ0n) is 14.1. The normalized spacial score (nSPS) is 21.5. The topological polar surface area (TPSA) is 62.6 Å². The quantitative estimate of drug-likeness (QED) is 0.789. The van der Waals surface area contributed by atoms with Gasteiger partial charge in [-0.25, -0.2) is 13.8 Å². The van der Waals surface area contributed by atoms with Gasteiger partial charge in [0, 0.05) is 11.1 Å². The van der Waals surface area contributed by atoms with E-state index >= 15 is 0 Å². The Morgan fingerprint density at radius 3 is 2.37 bits per heavy atom. The van der Waals surface area contributed by atoms with E-state index in [4.69, 9.17) is 4.74 Å². The van der Waals surface area contributed by atoms with Crippen LogP contribution < -0.4 is 4.74 Å². The maximum Gasteiger partial charge on any atom is 0.425 e. The average Bonchev–Trinajstić information content (AvgIpc) is 2.98. The summed E-state index contributed by atoms with van der Waals surface area (Å²) in [7, 11) is 0. The molecule has 0 aliphatic carbocycles. The molecule has 2 atom stereocenters. The molecule has 2 unspecified atom stereocenters. The van der Waals surface area contributed by atoms with Crippen LogP contribution >= 0.6 is 0 Å². The number of rotatable bonds is 4. The highest BCUT2D eigenvalue weighted by Crippen LogP contribution is 2.47. The van der Waals surface area contributed by atoms with Crippen molar-refractivity contribution in [2.45, 2.75) is 24.1 Å². The highest BCUT2D eigenvalue weighted by atomic mass is 19.4. The van der Waals surface area contributed by atoms with Gasteiger partial charge in [-0.05, 0) is 37.3 Å². The van der Waals surface area contributed by atoms with Gasteiger partial charge in [0.25, 0.3) is 0 Å². The van der Waals surface area contributed by atoms with E-state index < -0.39 is 42.0 Å². The zero-order valence-corrected chi connectivity index (χ0v) is 14.1. The number of fused-ring (bicyclic) bond motifs is 1. The third kappa shape index (κ3) is 3.04. The number of halogens is 5. The summed E-state index contributed by atoms with van der Waals surface area (Å²) in [4.78, 5) is 3.85. The SMILES string of the molecule is CC1(CF)COc2c1cc(C(O)(CO)C(F)(F)F)nc2-c1ccc(F)cc1. The van der Waals surface area contributed by atoms with Crippen molar-refractivity contribution in [3.63, 3.8) is 0 Å². The third-order valence-corrected chi connectivity index (χ3v) is 4.69. The van der Waals surface area contributed by atoms with Crippen LogP contribution in [0.25, 0.3) is 11.3 Å². The van der Waals surface area contributed by atoms with E-state index in [0.29, 0.717) is 0 Å². The minimum absolute atomic E-state index is 0.0629. The number of hydrogen-bond acceptors (Lipinski definition) is 4. The van der Waals surface area contributed by atoms with E-state index in [0.717, 1.165) is 18.2 Å². The Balaban J connectivity index is 2.30. The summed E-state index contributed by atoms with van der Waals surface area (Å²) in [5, 5.41) is 19.3. The summed E-state index contributed by atoms with van der Waals surface area (Å²) in [6.07, 6.45) is -5.23. The van der Waals surface area contributed by atoms with Gasteiger partial charge in [0.15, 0.2) is 0 Å². The average molecular weight is 389 g/mol. The van der Waals surface area contributed by atoms with Gasteiger partial charge in [-0.3, -0.25) is 0 Å². The van der Waals surface area contributed by atoms with Crippen LogP contribution in [0.2, 0.25) is 0 Å². The van der Waals surface area contributed by atoms with Gasteiger partial charge in [-0.15, -0.1) is 0 Å². The second-order valence-corrected chi connectivity index (χ2v) is 6.74. The fourth-order valence-corrected chi connectivity index (χ4v) is 2.88. The van der Waals surface area contributed by atoms with Crippen molar-refractivity contribution in [1.82, 2.24) is 4.98 Å². The molecule has 0 amide bonds. The van der Waals surface area contributed by atoms with E-state index in [-0.39, 0.29) is 29.2 Å². The molecule has 0 bridgehead atoms. The molecule has 1 aliphatic rings. The van der Waals surface area contributed by atoms with Crippen molar-refractivity contribution >= 4 is 0 Å². The molecule has 2 N–H and O–H groups in total. The Hall–Kier alpha value is -2.26. The molecule has 1 aromatic heterocycles. The van der Waals surface area contributed by atoms with E-state index in [1.54, 1.807) is 0 Å². The summed E-state index contributed by atoms with van der Waals surface area (Å²) in [6, 6.07) is 5.63. The summed E-state index contributed by atoms with van der Waals surface area (Å²) >= 11 is 0. The summed E-state index contributed by atoms with van der Waals surface area (Å²) in [5.74, 6) is -0.504. The Kier molecular flexibility index (Phi) is 4.63. The molecule has 2 heterocycles.